The average molecular weight is 201 g/mol. The molecule has 1 aromatic carbocycles. The molecule has 3 nitrogen and oxygen atoms in total. The fourth-order valence-corrected chi connectivity index (χ4v) is 2.12. The van der Waals surface area contributed by atoms with E-state index in [1.807, 2.05) is 18.3 Å². The van der Waals surface area contributed by atoms with Crippen molar-refractivity contribution >= 4 is 10.9 Å². The van der Waals surface area contributed by atoms with Gasteiger partial charge in [0.25, 0.3) is 0 Å². The van der Waals surface area contributed by atoms with Crippen LogP contribution in [-0.2, 0) is 0 Å². The first-order valence-electron chi connectivity index (χ1n) is 5.31. The molecule has 1 fully saturated rings. The van der Waals surface area contributed by atoms with E-state index in [9.17, 15) is 0 Å². The molecule has 0 radical (unpaired) electrons. The van der Waals surface area contributed by atoms with Gasteiger partial charge in [0.05, 0.1) is 0 Å². The van der Waals surface area contributed by atoms with Crippen LogP contribution in [0.5, 0.6) is 0 Å². The topological polar surface area (TPSA) is 67.8 Å². The molecular weight excluding hydrogens is 186 g/mol. The molecule has 2 aromatic rings. The lowest BCUT2D eigenvalue weighted by molar-refractivity contribution is 0.539. The maximum atomic E-state index is 6.20. The Labute approximate surface area is 88.5 Å². The van der Waals surface area contributed by atoms with Gasteiger partial charge in [-0.2, -0.15) is 0 Å². The number of aromatic amines is 1. The number of aromatic nitrogens is 1. The van der Waals surface area contributed by atoms with E-state index in [1.165, 1.54) is 5.39 Å². The molecule has 0 amide bonds. The Morgan fingerprint density at radius 3 is 2.73 bits per heavy atom. The largest absolute Gasteiger partial charge is 0.361 e. The SMILES string of the molecule is NC(c1c[nH]c2ccccc12)C1(N)CC1. The highest BCUT2D eigenvalue weighted by Gasteiger charge is 2.45. The molecule has 0 saturated heterocycles. The van der Waals surface area contributed by atoms with Gasteiger partial charge in [0.1, 0.15) is 0 Å². The minimum absolute atomic E-state index is 0.0475. The van der Waals surface area contributed by atoms with Crippen LogP contribution in [0.3, 0.4) is 0 Å². The fourth-order valence-electron chi connectivity index (χ4n) is 2.12. The highest BCUT2D eigenvalue weighted by molar-refractivity contribution is 5.83. The molecule has 5 N–H and O–H groups in total. The summed E-state index contributed by atoms with van der Waals surface area (Å²) in [6.45, 7) is 0. The molecule has 1 aromatic heterocycles. The van der Waals surface area contributed by atoms with Gasteiger partial charge < -0.3 is 16.5 Å². The minimum Gasteiger partial charge on any atom is -0.361 e. The molecule has 15 heavy (non-hydrogen) atoms. The second-order valence-corrected chi connectivity index (χ2v) is 4.50. The Morgan fingerprint density at radius 2 is 2.00 bits per heavy atom. The van der Waals surface area contributed by atoms with Crippen molar-refractivity contribution in [2.75, 3.05) is 0 Å². The van der Waals surface area contributed by atoms with Gasteiger partial charge in [-0.3, -0.25) is 0 Å². The van der Waals surface area contributed by atoms with Gasteiger partial charge in [-0.05, 0) is 24.5 Å². The maximum Gasteiger partial charge on any atom is 0.0499 e. The summed E-state index contributed by atoms with van der Waals surface area (Å²) in [6, 6.07) is 8.15. The van der Waals surface area contributed by atoms with E-state index in [-0.39, 0.29) is 11.6 Å². The number of rotatable bonds is 2. The van der Waals surface area contributed by atoms with Crippen LogP contribution in [0, 0.1) is 0 Å². The van der Waals surface area contributed by atoms with Crippen LogP contribution in [-0.4, -0.2) is 10.5 Å². The van der Waals surface area contributed by atoms with Crippen LogP contribution in [0.2, 0.25) is 0 Å². The second-order valence-electron chi connectivity index (χ2n) is 4.50. The third kappa shape index (κ3) is 1.28. The quantitative estimate of drug-likeness (QED) is 0.691. The summed E-state index contributed by atoms with van der Waals surface area (Å²) in [4.78, 5) is 3.23. The van der Waals surface area contributed by atoms with Crippen molar-refractivity contribution < 1.29 is 0 Å². The number of para-hydroxylation sites is 1. The van der Waals surface area contributed by atoms with Gasteiger partial charge in [-0.25, -0.2) is 0 Å². The first-order valence-corrected chi connectivity index (χ1v) is 5.31. The summed E-state index contributed by atoms with van der Waals surface area (Å²) in [5.74, 6) is 0. The van der Waals surface area contributed by atoms with Gasteiger partial charge in [0.2, 0.25) is 0 Å². The molecule has 1 aliphatic rings. The Balaban J connectivity index is 2.11. The van der Waals surface area contributed by atoms with E-state index in [1.54, 1.807) is 0 Å². The Morgan fingerprint density at radius 1 is 1.27 bits per heavy atom. The first-order chi connectivity index (χ1) is 7.21. The molecular formula is C12H15N3. The molecule has 78 valence electrons. The van der Waals surface area contributed by atoms with Crippen molar-refractivity contribution in [2.45, 2.75) is 24.4 Å². The molecule has 1 saturated carbocycles. The smallest absolute Gasteiger partial charge is 0.0499 e. The van der Waals surface area contributed by atoms with Crippen LogP contribution in [0.25, 0.3) is 10.9 Å². The predicted molar refractivity (Wildman–Crippen MR) is 61.4 cm³/mol. The number of H-pyrrole nitrogens is 1. The number of benzene rings is 1. The molecule has 0 bridgehead atoms. The summed E-state index contributed by atoms with van der Waals surface area (Å²) >= 11 is 0. The lowest BCUT2D eigenvalue weighted by Crippen LogP contribution is -2.36. The van der Waals surface area contributed by atoms with Gasteiger partial charge in [-0.15, -0.1) is 0 Å². The zero-order valence-corrected chi connectivity index (χ0v) is 8.53. The number of nitrogens with one attached hydrogen (secondary N) is 1. The van der Waals surface area contributed by atoms with Crippen LogP contribution in [0.15, 0.2) is 30.5 Å². The summed E-state index contributed by atoms with van der Waals surface area (Å²) in [7, 11) is 0. The van der Waals surface area contributed by atoms with Crippen LogP contribution in [0.1, 0.15) is 24.4 Å². The first kappa shape index (κ1) is 8.95. The van der Waals surface area contributed by atoms with Crippen LogP contribution in [0.4, 0.5) is 0 Å². The van der Waals surface area contributed by atoms with Gasteiger partial charge in [0, 0.05) is 28.7 Å². The Hall–Kier alpha value is -1.32. The number of nitrogens with two attached hydrogens (primary N) is 2. The molecule has 3 rings (SSSR count). The van der Waals surface area contributed by atoms with Crippen molar-refractivity contribution in [3.05, 3.63) is 36.0 Å². The molecule has 1 aliphatic carbocycles. The van der Waals surface area contributed by atoms with E-state index in [0.29, 0.717) is 0 Å². The molecule has 0 aliphatic heterocycles. The van der Waals surface area contributed by atoms with Crippen LogP contribution >= 0.6 is 0 Å². The van der Waals surface area contributed by atoms with Crippen molar-refractivity contribution in [3.8, 4) is 0 Å². The summed E-state index contributed by atoms with van der Waals surface area (Å²) in [5.41, 5.74) is 14.4. The lowest BCUT2D eigenvalue weighted by atomic mass is 9.98. The third-order valence-corrected chi connectivity index (χ3v) is 3.40. The standard InChI is InChI=1S/C12H15N3/c13-11(12(14)5-6-12)9-7-15-10-4-2-1-3-8(9)10/h1-4,7,11,15H,5-6,13-14H2. The van der Waals surface area contributed by atoms with E-state index in [0.717, 1.165) is 23.9 Å². The Bertz CT molecular complexity index is 496. The highest BCUT2D eigenvalue weighted by Crippen LogP contribution is 2.43. The fraction of sp³-hybridized carbons (Fsp3) is 0.333. The monoisotopic (exact) mass is 201 g/mol. The normalized spacial score (nSPS) is 20.4. The van der Waals surface area contributed by atoms with Crippen molar-refractivity contribution in [2.24, 2.45) is 11.5 Å². The van der Waals surface area contributed by atoms with Gasteiger partial charge in [-0.1, -0.05) is 18.2 Å². The van der Waals surface area contributed by atoms with E-state index in [4.69, 9.17) is 11.5 Å². The highest BCUT2D eigenvalue weighted by atomic mass is 14.9. The zero-order valence-electron chi connectivity index (χ0n) is 8.53. The molecule has 1 unspecified atom stereocenters. The number of fused-ring (bicyclic) bond motifs is 1. The third-order valence-electron chi connectivity index (χ3n) is 3.40. The van der Waals surface area contributed by atoms with Crippen LogP contribution < -0.4 is 11.5 Å². The van der Waals surface area contributed by atoms with Gasteiger partial charge in [0.15, 0.2) is 0 Å². The predicted octanol–water partition coefficient (Wildman–Crippen LogP) is 1.66. The maximum absolute atomic E-state index is 6.20. The van der Waals surface area contributed by atoms with Crippen molar-refractivity contribution in [1.82, 2.24) is 4.98 Å². The molecule has 3 heteroatoms. The molecule has 1 heterocycles. The van der Waals surface area contributed by atoms with E-state index in [2.05, 4.69) is 17.1 Å². The summed E-state index contributed by atoms with van der Waals surface area (Å²) < 4.78 is 0. The lowest BCUT2D eigenvalue weighted by Gasteiger charge is -2.18. The van der Waals surface area contributed by atoms with Crippen molar-refractivity contribution in [3.63, 3.8) is 0 Å². The second kappa shape index (κ2) is 2.84. The number of hydrogen-bond donors (Lipinski definition) is 3. The summed E-state index contributed by atoms with van der Waals surface area (Å²) in [6.07, 6.45) is 4.06. The van der Waals surface area contributed by atoms with E-state index >= 15 is 0 Å². The van der Waals surface area contributed by atoms with E-state index < -0.39 is 0 Å². The van der Waals surface area contributed by atoms with Crippen molar-refractivity contribution in [1.29, 1.82) is 0 Å². The zero-order chi connectivity index (χ0) is 10.5. The average Bonchev–Trinajstić information content (AvgIpc) is 2.87. The summed E-state index contributed by atoms with van der Waals surface area (Å²) in [5, 5.41) is 1.20. The Kier molecular flexibility index (Phi) is 1.69. The number of hydrogen-bond acceptors (Lipinski definition) is 2. The molecule has 1 atom stereocenters. The molecule has 0 spiro atoms. The van der Waals surface area contributed by atoms with Gasteiger partial charge >= 0.3 is 0 Å². The minimum atomic E-state index is -0.162.